The molecule has 0 saturated heterocycles. The lowest BCUT2D eigenvalue weighted by Gasteiger charge is -2.34. The van der Waals surface area contributed by atoms with Gasteiger partial charge in [0.2, 0.25) is 0 Å². The van der Waals surface area contributed by atoms with E-state index < -0.39 is 0 Å². The SMILES string of the molecule is CCCC(C)N(C)C(CNC(C)C)c1ccccc1. The van der Waals surface area contributed by atoms with Gasteiger partial charge >= 0.3 is 0 Å². The summed E-state index contributed by atoms with van der Waals surface area (Å²) in [7, 11) is 2.25. The van der Waals surface area contributed by atoms with Crippen LogP contribution in [0.25, 0.3) is 0 Å². The van der Waals surface area contributed by atoms with Crippen molar-refractivity contribution in [2.45, 2.75) is 58.7 Å². The summed E-state index contributed by atoms with van der Waals surface area (Å²) in [5.74, 6) is 0. The van der Waals surface area contributed by atoms with Crippen molar-refractivity contribution in [3.63, 3.8) is 0 Å². The lowest BCUT2D eigenvalue weighted by Crippen LogP contribution is -2.40. The standard InChI is InChI=1S/C17H30N2/c1-6-10-15(4)19(5)17(13-18-14(2)3)16-11-8-7-9-12-16/h7-9,11-12,14-15,17-18H,6,10,13H2,1-5H3. The maximum absolute atomic E-state index is 3.58. The lowest BCUT2D eigenvalue weighted by molar-refractivity contribution is 0.170. The van der Waals surface area contributed by atoms with E-state index >= 15 is 0 Å². The van der Waals surface area contributed by atoms with Crippen LogP contribution in [0, 0.1) is 0 Å². The summed E-state index contributed by atoms with van der Waals surface area (Å²) in [5, 5.41) is 3.58. The van der Waals surface area contributed by atoms with Gasteiger partial charge in [-0.25, -0.2) is 0 Å². The number of benzene rings is 1. The summed E-state index contributed by atoms with van der Waals surface area (Å²) in [6.45, 7) is 10.0. The highest BCUT2D eigenvalue weighted by Gasteiger charge is 2.20. The van der Waals surface area contributed by atoms with Crippen molar-refractivity contribution in [2.24, 2.45) is 0 Å². The molecular weight excluding hydrogens is 232 g/mol. The summed E-state index contributed by atoms with van der Waals surface area (Å²) in [4.78, 5) is 2.51. The van der Waals surface area contributed by atoms with E-state index in [0.717, 1.165) is 6.54 Å². The number of rotatable bonds is 8. The van der Waals surface area contributed by atoms with Crippen LogP contribution in [0.5, 0.6) is 0 Å². The van der Waals surface area contributed by atoms with E-state index in [1.165, 1.54) is 18.4 Å². The van der Waals surface area contributed by atoms with Gasteiger partial charge in [0.25, 0.3) is 0 Å². The van der Waals surface area contributed by atoms with Crippen LogP contribution in [0.4, 0.5) is 0 Å². The minimum absolute atomic E-state index is 0.449. The quantitative estimate of drug-likeness (QED) is 0.765. The van der Waals surface area contributed by atoms with Crippen molar-refractivity contribution in [2.75, 3.05) is 13.6 Å². The molecule has 0 aliphatic heterocycles. The Bertz CT molecular complexity index is 334. The Hall–Kier alpha value is -0.860. The van der Waals surface area contributed by atoms with E-state index in [4.69, 9.17) is 0 Å². The third-order valence-electron chi connectivity index (χ3n) is 3.80. The normalized spacial score (nSPS) is 14.9. The molecule has 0 spiro atoms. The van der Waals surface area contributed by atoms with Crippen LogP contribution in [-0.2, 0) is 0 Å². The molecular formula is C17H30N2. The molecule has 108 valence electrons. The fourth-order valence-corrected chi connectivity index (χ4v) is 2.45. The van der Waals surface area contributed by atoms with E-state index in [1.54, 1.807) is 0 Å². The van der Waals surface area contributed by atoms with Gasteiger partial charge in [-0.15, -0.1) is 0 Å². The van der Waals surface area contributed by atoms with Gasteiger partial charge in [-0.05, 0) is 26.0 Å². The van der Waals surface area contributed by atoms with Gasteiger partial charge in [0.05, 0.1) is 0 Å². The summed E-state index contributed by atoms with van der Waals surface area (Å²) < 4.78 is 0. The van der Waals surface area contributed by atoms with Gasteiger partial charge in [-0.3, -0.25) is 4.90 Å². The summed E-state index contributed by atoms with van der Waals surface area (Å²) in [6.07, 6.45) is 2.49. The molecule has 0 fully saturated rings. The van der Waals surface area contributed by atoms with Crippen molar-refractivity contribution in [3.8, 4) is 0 Å². The van der Waals surface area contributed by atoms with Crippen LogP contribution < -0.4 is 5.32 Å². The summed E-state index contributed by atoms with van der Waals surface area (Å²) in [6, 6.07) is 12.4. The fourth-order valence-electron chi connectivity index (χ4n) is 2.45. The van der Waals surface area contributed by atoms with Crippen molar-refractivity contribution >= 4 is 0 Å². The molecule has 0 amide bonds. The monoisotopic (exact) mass is 262 g/mol. The average Bonchev–Trinajstić information content (AvgIpc) is 2.40. The molecule has 1 aromatic carbocycles. The summed E-state index contributed by atoms with van der Waals surface area (Å²) >= 11 is 0. The zero-order valence-corrected chi connectivity index (χ0v) is 13.2. The predicted molar refractivity (Wildman–Crippen MR) is 84.5 cm³/mol. The average molecular weight is 262 g/mol. The molecule has 0 aliphatic carbocycles. The van der Waals surface area contributed by atoms with Crippen LogP contribution in [0.15, 0.2) is 30.3 Å². The van der Waals surface area contributed by atoms with Crippen molar-refractivity contribution in [1.29, 1.82) is 0 Å². The fraction of sp³-hybridized carbons (Fsp3) is 0.647. The molecule has 0 aromatic heterocycles. The first-order valence-corrected chi connectivity index (χ1v) is 7.56. The molecule has 2 nitrogen and oxygen atoms in total. The highest BCUT2D eigenvalue weighted by Crippen LogP contribution is 2.22. The second-order valence-corrected chi connectivity index (χ2v) is 5.79. The second-order valence-electron chi connectivity index (χ2n) is 5.79. The molecule has 0 radical (unpaired) electrons. The van der Waals surface area contributed by atoms with Gasteiger partial charge in [0.1, 0.15) is 0 Å². The van der Waals surface area contributed by atoms with Gasteiger partial charge in [0.15, 0.2) is 0 Å². The highest BCUT2D eigenvalue weighted by molar-refractivity contribution is 5.19. The van der Waals surface area contributed by atoms with E-state index in [2.05, 4.69) is 75.3 Å². The number of hydrogen-bond donors (Lipinski definition) is 1. The smallest absolute Gasteiger partial charge is 0.0472 e. The van der Waals surface area contributed by atoms with Gasteiger partial charge in [-0.2, -0.15) is 0 Å². The molecule has 0 heterocycles. The largest absolute Gasteiger partial charge is 0.313 e. The number of likely N-dealkylation sites (N-methyl/N-ethyl adjacent to an activating group) is 1. The Kier molecular flexibility index (Phi) is 7.11. The lowest BCUT2D eigenvalue weighted by atomic mass is 10.0. The van der Waals surface area contributed by atoms with E-state index in [-0.39, 0.29) is 0 Å². The Balaban J connectivity index is 2.79. The molecule has 2 atom stereocenters. The van der Waals surface area contributed by atoms with Crippen LogP contribution in [0.2, 0.25) is 0 Å². The predicted octanol–water partition coefficient (Wildman–Crippen LogP) is 3.85. The Labute approximate surface area is 119 Å². The maximum atomic E-state index is 3.58. The Morgan fingerprint density at radius 2 is 1.74 bits per heavy atom. The molecule has 2 heteroatoms. The number of hydrogen-bond acceptors (Lipinski definition) is 2. The van der Waals surface area contributed by atoms with Crippen LogP contribution in [-0.4, -0.2) is 30.6 Å². The van der Waals surface area contributed by atoms with Gasteiger partial charge < -0.3 is 5.32 Å². The minimum atomic E-state index is 0.449. The Morgan fingerprint density at radius 3 is 2.26 bits per heavy atom. The molecule has 0 aliphatic rings. The first kappa shape index (κ1) is 16.2. The zero-order chi connectivity index (χ0) is 14.3. The van der Waals surface area contributed by atoms with E-state index in [9.17, 15) is 0 Å². The van der Waals surface area contributed by atoms with Gasteiger partial charge in [-0.1, -0.05) is 57.5 Å². The van der Waals surface area contributed by atoms with E-state index in [1.807, 2.05) is 0 Å². The minimum Gasteiger partial charge on any atom is -0.313 e. The zero-order valence-electron chi connectivity index (χ0n) is 13.2. The molecule has 0 bridgehead atoms. The second kappa shape index (κ2) is 8.34. The van der Waals surface area contributed by atoms with Crippen molar-refractivity contribution < 1.29 is 0 Å². The van der Waals surface area contributed by atoms with Crippen LogP contribution in [0.1, 0.15) is 52.1 Å². The van der Waals surface area contributed by atoms with Crippen molar-refractivity contribution in [1.82, 2.24) is 10.2 Å². The van der Waals surface area contributed by atoms with E-state index in [0.29, 0.717) is 18.1 Å². The van der Waals surface area contributed by atoms with Crippen molar-refractivity contribution in [3.05, 3.63) is 35.9 Å². The molecule has 1 rings (SSSR count). The number of nitrogens with zero attached hydrogens (tertiary/aromatic N) is 1. The third kappa shape index (κ3) is 5.33. The molecule has 1 N–H and O–H groups in total. The number of nitrogens with one attached hydrogen (secondary N) is 1. The van der Waals surface area contributed by atoms with Crippen LogP contribution >= 0.6 is 0 Å². The first-order chi connectivity index (χ1) is 9.06. The molecule has 2 unspecified atom stereocenters. The molecule has 1 aromatic rings. The summed E-state index contributed by atoms with van der Waals surface area (Å²) in [5.41, 5.74) is 1.40. The third-order valence-corrected chi connectivity index (χ3v) is 3.80. The first-order valence-electron chi connectivity index (χ1n) is 7.56. The van der Waals surface area contributed by atoms with Crippen LogP contribution in [0.3, 0.4) is 0 Å². The Morgan fingerprint density at radius 1 is 1.11 bits per heavy atom. The molecule has 19 heavy (non-hydrogen) atoms. The topological polar surface area (TPSA) is 15.3 Å². The highest BCUT2D eigenvalue weighted by atomic mass is 15.2. The molecule has 0 saturated carbocycles. The van der Waals surface area contributed by atoms with Gasteiger partial charge in [0, 0.05) is 24.7 Å². The maximum Gasteiger partial charge on any atom is 0.0472 e.